The fraction of sp³-hybridized carbons (Fsp3) is 0.296. The maximum absolute atomic E-state index is 14.3. The number of amides is 1. The highest BCUT2D eigenvalue weighted by atomic mass is 19.1. The van der Waals surface area contributed by atoms with Crippen molar-refractivity contribution in [3.8, 4) is 5.75 Å². The number of ether oxygens (including phenoxy) is 1. The topological polar surface area (TPSA) is 109 Å². The van der Waals surface area contributed by atoms with Crippen molar-refractivity contribution in [2.45, 2.75) is 38.8 Å². The van der Waals surface area contributed by atoms with Crippen molar-refractivity contribution >= 4 is 28.9 Å². The Hall–Kier alpha value is -4.18. The fourth-order valence-electron chi connectivity index (χ4n) is 4.75. The van der Waals surface area contributed by atoms with E-state index >= 15 is 0 Å². The molecule has 0 saturated carbocycles. The summed E-state index contributed by atoms with van der Waals surface area (Å²) in [7, 11) is 0. The van der Waals surface area contributed by atoms with Gasteiger partial charge in [-0.1, -0.05) is 18.2 Å². The fourth-order valence-corrected chi connectivity index (χ4v) is 4.75. The van der Waals surface area contributed by atoms with E-state index in [1.807, 2.05) is 26.1 Å². The monoisotopic (exact) mass is 504 g/mol. The van der Waals surface area contributed by atoms with Crippen molar-refractivity contribution < 1.29 is 19.0 Å². The van der Waals surface area contributed by atoms with Crippen LogP contribution in [-0.4, -0.2) is 45.0 Å². The first-order valence-electron chi connectivity index (χ1n) is 12.3. The summed E-state index contributed by atoms with van der Waals surface area (Å²) < 4.78 is 22.0. The van der Waals surface area contributed by atoms with Gasteiger partial charge in [0.1, 0.15) is 29.2 Å². The number of hydrogen-bond acceptors (Lipinski definition) is 6. The lowest BCUT2D eigenvalue weighted by Gasteiger charge is -2.36. The van der Waals surface area contributed by atoms with Gasteiger partial charge in [0, 0.05) is 30.4 Å². The summed E-state index contributed by atoms with van der Waals surface area (Å²) in [6.07, 6.45) is 3.72. The van der Waals surface area contributed by atoms with Gasteiger partial charge in [-0.05, 0) is 57.0 Å². The van der Waals surface area contributed by atoms with Crippen molar-refractivity contribution in [3.05, 3.63) is 77.9 Å². The van der Waals surface area contributed by atoms with Crippen LogP contribution >= 0.6 is 0 Å². The summed E-state index contributed by atoms with van der Waals surface area (Å²) in [5.74, 6) is 0.938. The molecule has 2 aromatic carbocycles. The van der Waals surface area contributed by atoms with Gasteiger partial charge >= 0.3 is 6.09 Å². The van der Waals surface area contributed by atoms with Gasteiger partial charge in [-0.15, -0.1) is 0 Å². The van der Waals surface area contributed by atoms with E-state index < -0.39 is 6.09 Å². The number of hydrogen-bond donors (Lipinski definition) is 2. The highest BCUT2D eigenvalue weighted by Gasteiger charge is 2.29. The van der Waals surface area contributed by atoms with Crippen LogP contribution in [0.25, 0.3) is 5.65 Å². The van der Waals surface area contributed by atoms with Crippen LogP contribution in [0.4, 0.5) is 26.4 Å². The van der Waals surface area contributed by atoms with Gasteiger partial charge in [0.15, 0.2) is 5.65 Å². The van der Waals surface area contributed by atoms with Gasteiger partial charge in [0.05, 0.1) is 17.9 Å². The van der Waals surface area contributed by atoms with Gasteiger partial charge in [0.25, 0.3) is 0 Å². The number of carboxylic acid groups (broad SMARTS) is 1. The molecule has 1 amide bonds. The number of nitrogens with zero attached hydrogens (tertiary/aromatic N) is 5. The Bertz CT molecular complexity index is 1430. The van der Waals surface area contributed by atoms with E-state index in [9.17, 15) is 14.3 Å². The molecule has 2 atom stereocenters. The average molecular weight is 505 g/mol. The lowest BCUT2D eigenvalue weighted by Crippen LogP contribution is -2.34. The molecular weight excluding hydrogens is 475 g/mol. The maximum Gasteiger partial charge on any atom is 0.416 e. The molecule has 37 heavy (non-hydrogen) atoms. The standard InChI is InChI=1S/C27H29FN6O3/c1-17(14-29)37-24-11-10-20(28)13-22(24)18(2)32-12-6-7-19-16-33-26(31-25(19)32)23(15-30-33)34(27(35)36)21-8-4-3-5-9-21/h3-5,8-11,13,15-18H,6-7,12,14,29H2,1-2H3,(H,35,36)/t17-,18+/m0/s1. The molecule has 1 aliphatic rings. The minimum Gasteiger partial charge on any atom is -0.489 e. The molecule has 2 aromatic heterocycles. The summed E-state index contributed by atoms with van der Waals surface area (Å²) in [5.41, 5.74) is 8.69. The van der Waals surface area contributed by atoms with Crippen LogP contribution < -0.4 is 20.3 Å². The Morgan fingerprint density at radius 1 is 1.24 bits per heavy atom. The van der Waals surface area contributed by atoms with Gasteiger partial charge in [-0.3, -0.25) is 0 Å². The first kappa shape index (κ1) is 24.5. The molecule has 192 valence electrons. The number of aryl methyl sites for hydroxylation is 1. The molecule has 4 aromatic rings. The van der Waals surface area contributed by atoms with Crippen LogP contribution in [0, 0.1) is 5.82 Å². The number of fused-ring (bicyclic) bond motifs is 2. The lowest BCUT2D eigenvalue weighted by atomic mass is 10.0. The third-order valence-corrected chi connectivity index (χ3v) is 6.64. The second kappa shape index (κ2) is 10.1. The molecule has 5 rings (SSSR count). The highest BCUT2D eigenvalue weighted by Crippen LogP contribution is 2.38. The molecule has 0 aliphatic carbocycles. The van der Waals surface area contributed by atoms with E-state index in [4.69, 9.17) is 15.5 Å². The van der Waals surface area contributed by atoms with Crippen LogP contribution in [0.5, 0.6) is 5.75 Å². The third-order valence-electron chi connectivity index (χ3n) is 6.64. The van der Waals surface area contributed by atoms with Crippen molar-refractivity contribution in [3.63, 3.8) is 0 Å². The number of aromatic nitrogens is 3. The number of halogens is 1. The zero-order valence-electron chi connectivity index (χ0n) is 20.7. The summed E-state index contributed by atoms with van der Waals surface area (Å²) in [5, 5.41) is 14.4. The summed E-state index contributed by atoms with van der Waals surface area (Å²) in [6.45, 7) is 4.89. The van der Waals surface area contributed by atoms with Crippen molar-refractivity contribution in [1.82, 2.24) is 14.6 Å². The molecule has 0 saturated heterocycles. The lowest BCUT2D eigenvalue weighted by molar-refractivity contribution is 0.205. The van der Waals surface area contributed by atoms with E-state index in [0.29, 0.717) is 47.2 Å². The Morgan fingerprint density at radius 3 is 2.76 bits per heavy atom. The van der Waals surface area contributed by atoms with Gasteiger partial charge < -0.3 is 20.5 Å². The van der Waals surface area contributed by atoms with E-state index in [1.54, 1.807) is 34.8 Å². The van der Waals surface area contributed by atoms with Crippen LogP contribution in [-0.2, 0) is 6.42 Å². The number of rotatable bonds is 7. The zero-order valence-corrected chi connectivity index (χ0v) is 20.7. The molecule has 0 unspecified atom stereocenters. The summed E-state index contributed by atoms with van der Waals surface area (Å²) in [4.78, 5) is 20.5. The number of nitrogens with two attached hydrogens (primary N) is 1. The largest absolute Gasteiger partial charge is 0.489 e. The number of anilines is 3. The zero-order chi connectivity index (χ0) is 26.1. The second-order valence-corrected chi connectivity index (χ2v) is 9.16. The summed E-state index contributed by atoms with van der Waals surface area (Å²) >= 11 is 0. The third kappa shape index (κ3) is 4.67. The number of para-hydroxylation sites is 1. The van der Waals surface area contributed by atoms with Crippen LogP contribution in [0.1, 0.15) is 37.4 Å². The summed E-state index contributed by atoms with van der Waals surface area (Å²) in [6, 6.07) is 13.1. The average Bonchev–Trinajstić information content (AvgIpc) is 3.30. The first-order valence-corrected chi connectivity index (χ1v) is 12.3. The molecule has 0 spiro atoms. The first-order chi connectivity index (χ1) is 17.9. The molecule has 0 bridgehead atoms. The van der Waals surface area contributed by atoms with Crippen molar-refractivity contribution in [1.29, 1.82) is 0 Å². The van der Waals surface area contributed by atoms with E-state index in [-0.39, 0.29) is 18.0 Å². The maximum atomic E-state index is 14.3. The molecule has 3 heterocycles. The number of carbonyl (C=O) groups is 1. The van der Waals surface area contributed by atoms with Gasteiger partial charge in [-0.2, -0.15) is 5.10 Å². The predicted molar refractivity (Wildman–Crippen MR) is 139 cm³/mol. The molecule has 0 radical (unpaired) electrons. The van der Waals surface area contributed by atoms with Crippen LogP contribution in [0.3, 0.4) is 0 Å². The van der Waals surface area contributed by atoms with E-state index in [0.717, 1.165) is 18.4 Å². The smallest absolute Gasteiger partial charge is 0.416 e. The molecule has 1 aliphatic heterocycles. The Morgan fingerprint density at radius 2 is 2.03 bits per heavy atom. The Kier molecular flexibility index (Phi) is 6.66. The van der Waals surface area contributed by atoms with Gasteiger partial charge in [-0.25, -0.2) is 23.6 Å². The SMILES string of the molecule is C[C@H](c1cc(F)ccc1O[C@@H](C)CN)N1CCCc2cn3ncc(N(C(=O)O)c4ccccc4)c3nc21. The normalized spacial score (nSPS) is 14.8. The van der Waals surface area contributed by atoms with Crippen LogP contribution in [0.2, 0.25) is 0 Å². The molecule has 10 heteroatoms. The minimum atomic E-state index is -1.14. The molecule has 9 nitrogen and oxygen atoms in total. The quantitative estimate of drug-likeness (QED) is 0.367. The number of benzene rings is 2. The Balaban J connectivity index is 1.59. The second-order valence-electron chi connectivity index (χ2n) is 9.16. The van der Waals surface area contributed by atoms with Crippen LogP contribution in [0.15, 0.2) is 60.9 Å². The van der Waals surface area contributed by atoms with Crippen molar-refractivity contribution in [2.24, 2.45) is 5.73 Å². The molecule has 3 N–H and O–H groups in total. The van der Waals surface area contributed by atoms with Crippen molar-refractivity contribution in [2.75, 3.05) is 22.9 Å². The molecular formula is C27H29FN6O3. The predicted octanol–water partition coefficient (Wildman–Crippen LogP) is 4.92. The minimum absolute atomic E-state index is 0.225. The van der Waals surface area contributed by atoms with Gasteiger partial charge in [0.2, 0.25) is 0 Å². The highest BCUT2D eigenvalue weighted by molar-refractivity contribution is 5.98. The molecule has 0 fully saturated rings. The van der Waals surface area contributed by atoms with E-state index in [2.05, 4.69) is 10.00 Å². The van der Waals surface area contributed by atoms with E-state index in [1.165, 1.54) is 23.2 Å². The Labute approximate surface area is 213 Å².